The first-order valence-corrected chi connectivity index (χ1v) is 7.03. The van der Waals surface area contributed by atoms with Gasteiger partial charge in [-0.1, -0.05) is 19.4 Å². The van der Waals surface area contributed by atoms with Crippen molar-refractivity contribution in [3.63, 3.8) is 0 Å². The highest BCUT2D eigenvalue weighted by Gasteiger charge is 2.45. The second-order valence-electron chi connectivity index (χ2n) is 4.86. The number of aromatic nitrogens is 1. The predicted molar refractivity (Wildman–Crippen MR) is 72.6 cm³/mol. The van der Waals surface area contributed by atoms with Crippen LogP contribution in [0.15, 0.2) is 18.2 Å². The second-order valence-corrected chi connectivity index (χ2v) is 4.86. The van der Waals surface area contributed by atoms with Crippen molar-refractivity contribution in [2.45, 2.75) is 32.0 Å². The van der Waals surface area contributed by atoms with Crippen LogP contribution in [-0.2, 0) is 4.74 Å². The molecule has 21 heavy (non-hydrogen) atoms. The number of hydrogen-bond donors (Lipinski definition) is 0. The molecule has 1 aliphatic heterocycles. The van der Waals surface area contributed by atoms with Gasteiger partial charge in [0.05, 0.1) is 19.8 Å². The molecule has 118 valence electrons. The molecule has 1 atom stereocenters. The summed E-state index contributed by atoms with van der Waals surface area (Å²) in [6.45, 7) is 2.60. The van der Waals surface area contributed by atoms with Crippen molar-refractivity contribution in [1.29, 1.82) is 0 Å². The largest absolute Gasteiger partial charge is 0.478 e. The highest BCUT2D eigenvalue weighted by atomic mass is 19.4. The molecule has 0 N–H and O–H groups in total. The fraction of sp³-hybridized carbons (Fsp3) is 0.643. The van der Waals surface area contributed by atoms with Crippen molar-refractivity contribution in [3.05, 3.63) is 18.2 Å². The minimum Gasteiger partial charge on any atom is -0.478 e. The van der Waals surface area contributed by atoms with Crippen LogP contribution in [-0.4, -0.2) is 43.6 Å². The number of nitrogens with zero attached hydrogens (tertiary/aromatic N) is 2. The molecule has 0 saturated carbocycles. The first-order valence-electron chi connectivity index (χ1n) is 7.03. The number of ether oxygens (including phenoxy) is 2. The summed E-state index contributed by atoms with van der Waals surface area (Å²) in [5, 5.41) is 0. The van der Waals surface area contributed by atoms with E-state index in [1.54, 1.807) is 18.2 Å². The lowest BCUT2D eigenvalue weighted by molar-refractivity contribution is -0.167. The summed E-state index contributed by atoms with van der Waals surface area (Å²) in [4.78, 5) is 5.41. The molecule has 0 bridgehead atoms. The lowest BCUT2D eigenvalue weighted by Crippen LogP contribution is -2.53. The highest BCUT2D eigenvalue weighted by Crippen LogP contribution is 2.30. The maximum absolute atomic E-state index is 13.0. The van der Waals surface area contributed by atoms with Crippen LogP contribution >= 0.6 is 0 Å². The third-order valence-electron chi connectivity index (χ3n) is 3.26. The van der Waals surface area contributed by atoms with Gasteiger partial charge in [-0.15, -0.1) is 0 Å². The van der Waals surface area contributed by atoms with Gasteiger partial charge in [0, 0.05) is 12.6 Å². The summed E-state index contributed by atoms with van der Waals surface area (Å²) >= 11 is 0. The molecule has 1 aromatic rings. The Bertz CT molecular complexity index is 454. The van der Waals surface area contributed by atoms with Gasteiger partial charge in [-0.05, 0) is 12.5 Å². The van der Waals surface area contributed by atoms with Crippen LogP contribution in [0, 0.1) is 0 Å². The maximum atomic E-state index is 13.0. The Morgan fingerprint density at radius 3 is 2.95 bits per heavy atom. The van der Waals surface area contributed by atoms with E-state index in [-0.39, 0.29) is 25.6 Å². The van der Waals surface area contributed by atoms with E-state index in [1.807, 2.05) is 6.92 Å². The van der Waals surface area contributed by atoms with E-state index in [4.69, 9.17) is 9.47 Å². The zero-order chi connectivity index (χ0) is 15.3. The van der Waals surface area contributed by atoms with Gasteiger partial charge in [0.25, 0.3) is 0 Å². The van der Waals surface area contributed by atoms with E-state index in [2.05, 4.69) is 4.98 Å². The van der Waals surface area contributed by atoms with Gasteiger partial charge in [0.15, 0.2) is 0 Å². The summed E-state index contributed by atoms with van der Waals surface area (Å²) in [5.41, 5.74) is 0. The van der Waals surface area contributed by atoms with Gasteiger partial charge >= 0.3 is 6.18 Å². The number of hydrogen-bond acceptors (Lipinski definition) is 4. The Morgan fingerprint density at radius 2 is 2.24 bits per heavy atom. The van der Waals surface area contributed by atoms with Crippen molar-refractivity contribution >= 4 is 5.82 Å². The quantitative estimate of drug-likeness (QED) is 0.783. The summed E-state index contributed by atoms with van der Waals surface area (Å²) in [5.74, 6) is 0.628. The van der Waals surface area contributed by atoms with Crippen molar-refractivity contribution in [2.75, 3.05) is 31.3 Å². The van der Waals surface area contributed by atoms with E-state index in [1.165, 1.54) is 4.90 Å². The van der Waals surface area contributed by atoms with Gasteiger partial charge in [0.2, 0.25) is 5.88 Å². The SMILES string of the molecule is CCCCOc1cccc(N2CCOCC2C(F)(F)F)n1. The van der Waals surface area contributed by atoms with Crippen LogP contribution in [0.25, 0.3) is 0 Å². The van der Waals surface area contributed by atoms with E-state index >= 15 is 0 Å². The third-order valence-corrected chi connectivity index (χ3v) is 3.26. The number of halogens is 3. The maximum Gasteiger partial charge on any atom is 0.411 e. The second kappa shape index (κ2) is 6.98. The first-order chi connectivity index (χ1) is 10.0. The predicted octanol–water partition coefficient (Wildman–Crippen LogP) is 3.03. The summed E-state index contributed by atoms with van der Waals surface area (Å²) in [6.07, 6.45) is -2.48. The van der Waals surface area contributed by atoms with Crippen molar-refractivity contribution in [3.8, 4) is 5.88 Å². The number of pyridine rings is 1. The van der Waals surface area contributed by atoms with E-state index in [0.717, 1.165) is 12.8 Å². The van der Waals surface area contributed by atoms with E-state index in [0.29, 0.717) is 12.5 Å². The summed E-state index contributed by atoms with van der Waals surface area (Å²) in [6, 6.07) is 3.22. The zero-order valence-corrected chi connectivity index (χ0v) is 11.9. The molecule has 7 heteroatoms. The Morgan fingerprint density at radius 1 is 1.43 bits per heavy atom. The molecule has 0 amide bonds. The number of rotatable bonds is 5. The van der Waals surface area contributed by atoms with Crippen molar-refractivity contribution in [2.24, 2.45) is 0 Å². The van der Waals surface area contributed by atoms with Gasteiger partial charge in [0.1, 0.15) is 11.9 Å². The normalized spacial score (nSPS) is 19.6. The van der Waals surface area contributed by atoms with E-state index < -0.39 is 12.2 Å². The van der Waals surface area contributed by atoms with Gasteiger partial charge in [-0.3, -0.25) is 0 Å². The Balaban J connectivity index is 2.13. The zero-order valence-electron chi connectivity index (χ0n) is 11.9. The fourth-order valence-electron chi connectivity index (χ4n) is 2.11. The molecular formula is C14H19F3N2O2. The molecular weight excluding hydrogens is 285 g/mol. The van der Waals surface area contributed by atoms with Crippen LogP contribution in [0.5, 0.6) is 5.88 Å². The number of unbranched alkanes of at least 4 members (excludes halogenated alkanes) is 1. The molecule has 1 fully saturated rings. The molecule has 0 radical (unpaired) electrons. The minimum absolute atomic E-state index is 0.162. The number of anilines is 1. The van der Waals surface area contributed by atoms with Gasteiger partial charge < -0.3 is 14.4 Å². The summed E-state index contributed by atoms with van der Waals surface area (Å²) in [7, 11) is 0. The standard InChI is InChI=1S/C14H19F3N2O2/c1-2-3-8-21-13-6-4-5-12(18-13)19-7-9-20-10-11(19)14(15,16)17/h4-6,11H,2-3,7-10H2,1H3. The third kappa shape index (κ3) is 4.23. The number of morpholine rings is 1. The average Bonchev–Trinajstić information content (AvgIpc) is 2.47. The van der Waals surface area contributed by atoms with Gasteiger partial charge in [-0.2, -0.15) is 18.2 Å². The molecule has 0 spiro atoms. The Hall–Kier alpha value is -1.50. The number of alkyl halides is 3. The first kappa shape index (κ1) is 15.9. The van der Waals surface area contributed by atoms with Crippen LogP contribution in [0.1, 0.15) is 19.8 Å². The molecule has 0 aliphatic carbocycles. The lowest BCUT2D eigenvalue weighted by Gasteiger charge is -2.37. The Labute approximate surface area is 121 Å². The van der Waals surface area contributed by atoms with Crippen LogP contribution in [0.4, 0.5) is 19.0 Å². The molecule has 1 aromatic heterocycles. The molecule has 4 nitrogen and oxygen atoms in total. The van der Waals surface area contributed by atoms with Crippen LogP contribution in [0.2, 0.25) is 0 Å². The lowest BCUT2D eigenvalue weighted by atomic mass is 10.2. The smallest absolute Gasteiger partial charge is 0.411 e. The van der Waals surface area contributed by atoms with Crippen molar-refractivity contribution in [1.82, 2.24) is 4.98 Å². The fourth-order valence-corrected chi connectivity index (χ4v) is 2.11. The molecule has 1 unspecified atom stereocenters. The topological polar surface area (TPSA) is 34.6 Å². The molecule has 0 aromatic carbocycles. The molecule has 2 heterocycles. The molecule has 1 aliphatic rings. The molecule has 1 saturated heterocycles. The van der Waals surface area contributed by atoms with Crippen LogP contribution in [0.3, 0.4) is 0 Å². The van der Waals surface area contributed by atoms with E-state index in [9.17, 15) is 13.2 Å². The Kier molecular flexibility index (Phi) is 5.27. The summed E-state index contributed by atoms with van der Waals surface area (Å²) < 4.78 is 49.5. The highest BCUT2D eigenvalue weighted by molar-refractivity contribution is 5.43. The van der Waals surface area contributed by atoms with Gasteiger partial charge in [-0.25, -0.2) is 0 Å². The van der Waals surface area contributed by atoms with Crippen molar-refractivity contribution < 1.29 is 22.6 Å². The average molecular weight is 304 g/mol. The molecule has 2 rings (SSSR count). The van der Waals surface area contributed by atoms with Crippen LogP contribution < -0.4 is 9.64 Å². The monoisotopic (exact) mass is 304 g/mol. The minimum atomic E-state index is -4.35.